The van der Waals surface area contributed by atoms with E-state index >= 15 is 0 Å². The van der Waals surface area contributed by atoms with Crippen LogP contribution in [0.5, 0.6) is 11.5 Å². The molecule has 2 unspecified atom stereocenters. The van der Waals surface area contributed by atoms with Gasteiger partial charge in [0.25, 0.3) is 0 Å². The van der Waals surface area contributed by atoms with E-state index in [2.05, 4.69) is 17.1 Å². The minimum absolute atomic E-state index is 0.0510. The van der Waals surface area contributed by atoms with Gasteiger partial charge in [-0.15, -0.1) is 0 Å². The van der Waals surface area contributed by atoms with Crippen molar-refractivity contribution in [1.82, 2.24) is 15.1 Å². The van der Waals surface area contributed by atoms with Crippen LogP contribution in [0.1, 0.15) is 26.7 Å². The summed E-state index contributed by atoms with van der Waals surface area (Å²) in [5.41, 5.74) is 2.40. The highest BCUT2D eigenvalue weighted by molar-refractivity contribution is 6.30. The predicted molar refractivity (Wildman–Crippen MR) is 133 cm³/mol. The molecular weight excluding hydrogens is 452 g/mol. The van der Waals surface area contributed by atoms with Gasteiger partial charge in [-0.25, -0.2) is 4.79 Å². The van der Waals surface area contributed by atoms with E-state index in [0.717, 1.165) is 43.0 Å². The van der Waals surface area contributed by atoms with Crippen LogP contribution in [0.3, 0.4) is 0 Å². The quantitative estimate of drug-likeness (QED) is 0.637. The number of aromatic hydroxyl groups is 1. The van der Waals surface area contributed by atoms with Crippen LogP contribution in [0.25, 0.3) is 0 Å². The zero-order chi connectivity index (χ0) is 23.8. The number of carbonyl (C=O) groups is 1. The summed E-state index contributed by atoms with van der Waals surface area (Å²) >= 11 is 5.97. The van der Waals surface area contributed by atoms with Crippen molar-refractivity contribution in [3.63, 3.8) is 0 Å². The molecular formula is C26H29ClN4O3. The van der Waals surface area contributed by atoms with E-state index in [4.69, 9.17) is 16.3 Å². The molecule has 0 bridgehead atoms. The molecule has 0 aliphatic carbocycles. The third-order valence-corrected chi connectivity index (χ3v) is 7.06. The van der Waals surface area contributed by atoms with Crippen molar-refractivity contribution in [3.8, 4) is 11.5 Å². The summed E-state index contributed by atoms with van der Waals surface area (Å²) in [6.07, 6.45) is 5.52. The Labute approximate surface area is 204 Å². The molecule has 3 aliphatic heterocycles. The van der Waals surface area contributed by atoms with Crippen LogP contribution in [0, 0.1) is 0 Å². The van der Waals surface area contributed by atoms with E-state index in [1.165, 1.54) is 4.90 Å². The summed E-state index contributed by atoms with van der Waals surface area (Å²) < 4.78 is 6.14. The molecule has 3 aliphatic rings. The Bertz CT molecular complexity index is 1130. The van der Waals surface area contributed by atoms with E-state index in [1.807, 2.05) is 48.4 Å². The van der Waals surface area contributed by atoms with Crippen LogP contribution in [0.15, 0.2) is 72.2 Å². The van der Waals surface area contributed by atoms with E-state index in [9.17, 15) is 9.90 Å². The van der Waals surface area contributed by atoms with Crippen LogP contribution in [-0.4, -0.2) is 52.3 Å². The lowest BCUT2D eigenvalue weighted by Crippen LogP contribution is -2.54. The van der Waals surface area contributed by atoms with Crippen molar-refractivity contribution < 1.29 is 14.6 Å². The minimum Gasteiger partial charge on any atom is -0.506 e. The van der Waals surface area contributed by atoms with Crippen molar-refractivity contribution in [2.24, 2.45) is 0 Å². The first kappa shape index (κ1) is 22.6. The number of benzene rings is 2. The molecule has 2 atom stereocenters. The van der Waals surface area contributed by atoms with E-state index < -0.39 is 0 Å². The molecule has 34 heavy (non-hydrogen) atoms. The SMILES string of the molecule is CC1=CN(c2ccccc2O)C(=O)N2C(C(C)N3CCC(Oc4ccc(Cl)cc4)CC3)=CNC12. The highest BCUT2D eigenvalue weighted by atomic mass is 35.5. The molecule has 5 rings (SSSR count). The molecule has 8 heteroatoms. The van der Waals surface area contributed by atoms with Crippen LogP contribution in [0.4, 0.5) is 10.5 Å². The number of hydrogen-bond donors (Lipinski definition) is 2. The van der Waals surface area contributed by atoms with Gasteiger partial charge in [-0.05, 0) is 68.7 Å². The molecule has 1 saturated heterocycles. The van der Waals surface area contributed by atoms with Crippen LogP contribution in [-0.2, 0) is 0 Å². The monoisotopic (exact) mass is 480 g/mol. The summed E-state index contributed by atoms with van der Waals surface area (Å²) in [5.74, 6) is 0.915. The van der Waals surface area contributed by atoms with E-state index in [0.29, 0.717) is 10.7 Å². The fraction of sp³-hybridized carbons (Fsp3) is 0.346. The van der Waals surface area contributed by atoms with Gasteiger partial charge in [0.2, 0.25) is 0 Å². The molecule has 7 nitrogen and oxygen atoms in total. The zero-order valence-corrected chi connectivity index (χ0v) is 20.1. The number of likely N-dealkylation sites (tertiary alicyclic amines) is 1. The number of hydrogen-bond acceptors (Lipinski definition) is 5. The normalized spacial score (nSPS) is 22.1. The first-order chi connectivity index (χ1) is 16.4. The number of amides is 2. The maximum absolute atomic E-state index is 13.5. The van der Waals surface area contributed by atoms with E-state index in [1.54, 1.807) is 24.4 Å². The number of nitrogens with zero attached hydrogens (tertiary/aromatic N) is 3. The number of fused-ring (bicyclic) bond motifs is 1. The highest BCUT2D eigenvalue weighted by Crippen LogP contribution is 2.36. The average molecular weight is 481 g/mol. The maximum Gasteiger partial charge on any atom is 0.335 e. The van der Waals surface area contributed by atoms with Gasteiger partial charge in [-0.2, -0.15) is 0 Å². The maximum atomic E-state index is 13.5. The highest BCUT2D eigenvalue weighted by Gasteiger charge is 2.42. The first-order valence-electron chi connectivity index (χ1n) is 11.6. The summed E-state index contributed by atoms with van der Waals surface area (Å²) in [5, 5.41) is 14.4. The third kappa shape index (κ3) is 4.21. The third-order valence-electron chi connectivity index (χ3n) is 6.81. The molecule has 3 heterocycles. The van der Waals surface area contributed by atoms with Gasteiger partial charge < -0.3 is 15.2 Å². The molecule has 0 aromatic heterocycles. The Morgan fingerprint density at radius 2 is 1.82 bits per heavy atom. The molecule has 2 amide bonds. The van der Waals surface area contributed by atoms with Gasteiger partial charge >= 0.3 is 6.03 Å². The fourth-order valence-corrected chi connectivity index (χ4v) is 5.02. The number of phenolic OH excluding ortho intramolecular Hbond substituents is 1. The smallest absolute Gasteiger partial charge is 0.335 e. The zero-order valence-electron chi connectivity index (χ0n) is 19.3. The number of halogens is 1. The standard InChI is InChI=1S/C26H29ClN4O3/c1-17-16-30(22-5-3-4-6-24(22)32)26(33)31-23(15-28-25(17)31)18(2)29-13-11-21(12-14-29)34-20-9-7-19(27)8-10-20/h3-10,15-16,18,21,25,28,32H,11-14H2,1-2H3. The molecule has 1 fully saturated rings. The minimum atomic E-state index is -0.210. The van der Waals surface area contributed by atoms with Crippen molar-refractivity contribution in [1.29, 1.82) is 0 Å². The molecule has 2 aromatic carbocycles. The predicted octanol–water partition coefficient (Wildman–Crippen LogP) is 4.89. The molecule has 0 radical (unpaired) electrons. The van der Waals surface area contributed by atoms with Crippen LogP contribution >= 0.6 is 11.6 Å². The summed E-state index contributed by atoms with van der Waals surface area (Å²) in [7, 11) is 0. The van der Waals surface area contributed by atoms with Gasteiger partial charge in [-0.3, -0.25) is 14.7 Å². The number of para-hydroxylation sites is 2. The lowest BCUT2D eigenvalue weighted by molar-refractivity contribution is 0.0815. The number of ether oxygens (including phenoxy) is 1. The molecule has 2 N–H and O–H groups in total. The Kier molecular flexibility index (Phi) is 6.15. The van der Waals surface area contributed by atoms with Gasteiger partial charge in [0.1, 0.15) is 23.8 Å². The number of piperidine rings is 1. The van der Waals surface area contributed by atoms with Gasteiger partial charge in [0.15, 0.2) is 0 Å². The summed E-state index contributed by atoms with van der Waals surface area (Å²) in [6, 6.07) is 14.3. The second-order valence-electron chi connectivity index (χ2n) is 9.01. The van der Waals surface area contributed by atoms with E-state index in [-0.39, 0.29) is 30.1 Å². The van der Waals surface area contributed by atoms with Crippen molar-refractivity contribution in [2.75, 3.05) is 18.0 Å². The second-order valence-corrected chi connectivity index (χ2v) is 9.44. The van der Waals surface area contributed by atoms with Crippen LogP contribution < -0.4 is 15.0 Å². The van der Waals surface area contributed by atoms with Crippen LogP contribution in [0.2, 0.25) is 5.02 Å². The number of rotatable bonds is 5. The Hall–Kier alpha value is -3.16. The summed E-state index contributed by atoms with van der Waals surface area (Å²) in [6.45, 7) is 5.88. The topological polar surface area (TPSA) is 68.3 Å². The lowest BCUT2D eigenvalue weighted by atomic mass is 10.0. The number of anilines is 1. The Balaban J connectivity index is 1.27. The first-order valence-corrected chi connectivity index (χ1v) is 12.0. The molecule has 178 valence electrons. The molecule has 0 saturated carbocycles. The van der Waals surface area contributed by atoms with Gasteiger partial charge in [0, 0.05) is 36.6 Å². The van der Waals surface area contributed by atoms with Crippen molar-refractivity contribution in [3.05, 3.63) is 77.2 Å². The largest absolute Gasteiger partial charge is 0.506 e. The lowest BCUT2D eigenvalue weighted by Gasteiger charge is -2.41. The second kappa shape index (κ2) is 9.24. The summed E-state index contributed by atoms with van der Waals surface area (Å²) in [4.78, 5) is 19.3. The number of nitrogens with one attached hydrogen (secondary N) is 1. The fourth-order valence-electron chi connectivity index (χ4n) is 4.89. The molecule has 0 spiro atoms. The van der Waals surface area contributed by atoms with Gasteiger partial charge in [-0.1, -0.05) is 23.7 Å². The van der Waals surface area contributed by atoms with Gasteiger partial charge in [0.05, 0.1) is 11.4 Å². The van der Waals surface area contributed by atoms with Crippen molar-refractivity contribution >= 4 is 23.3 Å². The number of urea groups is 1. The molecule has 2 aromatic rings. The Morgan fingerprint density at radius 3 is 2.53 bits per heavy atom. The number of carbonyl (C=O) groups excluding carboxylic acids is 1. The van der Waals surface area contributed by atoms with Crippen molar-refractivity contribution in [2.45, 2.75) is 45.0 Å². The number of phenols is 1. The Morgan fingerprint density at radius 1 is 1.12 bits per heavy atom. The average Bonchev–Trinajstić information content (AvgIpc) is 3.30.